The van der Waals surface area contributed by atoms with Crippen molar-refractivity contribution in [3.05, 3.63) is 82.4 Å². The van der Waals surface area contributed by atoms with Crippen LogP contribution in [0, 0.1) is 0 Å². The number of amides is 1. The third kappa shape index (κ3) is 6.44. The van der Waals surface area contributed by atoms with Crippen LogP contribution < -0.4 is 16.0 Å². The minimum Gasteiger partial charge on any atom is -0.481 e. The molecule has 0 saturated heterocycles. The van der Waals surface area contributed by atoms with E-state index < -0.39 is 5.97 Å². The van der Waals surface area contributed by atoms with Crippen LogP contribution in [0.3, 0.4) is 0 Å². The number of fused-ring (bicyclic) bond motifs is 1. The van der Waals surface area contributed by atoms with Crippen LogP contribution in [0.2, 0.25) is 0 Å². The van der Waals surface area contributed by atoms with Gasteiger partial charge in [0.05, 0.1) is 13.0 Å². The van der Waals surface area contributed by atoms with Crippen LogP contribution in [0.1, 0.15) is 47.4 Å². The number of carbonyl (C=O) groups excluding carboxylic acids is 1. The molecular formula is C26H30N4O3. The summed E-state index contributed by atoms with van der Waals surface area (Å²) in [5, 5.41) is 18.9. The van der Waals surface area contributed by atoms with E-state index in [0.717, 1.165) is 53.3 Å². The SMILES string of the molecule is O=C(O)CC1CC(CC(=O)NCc2cccc(CNC3=NCCN3)c2)=CCc2ccccc21. The third-order valence-corrected chi connectivity index (χ3v) is 6.04. The smallest absolute Gasteiger partial charge is 0.303 e. The molecule has 0 radical (unpaired) electrons. The molecule has 0 aromatic heterocycles. The molecule has 7 nitrogen and oxygen atoms in total. The molecule has 1 heterocycles. The van der Waals surface area contributed by atoms with Gasteiger partial charge in [-0.1, -0.05) is 60.2 Å². The standard InChI is InChI=1S/C26H30N4O3/c31-24(29-16-19-4-3-5-20(12-19)17-30-26-27-10-11-28-26)14-18-8-9-21-6-1-2-7-23(21)22(13-18)15-25(32)33/h1-8,12,22H,9-11,13-17H2,(H,29,31)(H,32,33)(H2,27,28,30). The van der Waals surface area contributed by atoms with Crippen molar-refractivity contribution in [3.63, 3.8) is 0 Å². The van der Waals surface area contributed by atoms with Crippen molar-refractivity contribution in [1.29, 1.82) is 0 Å². The number of hydrogen-bond acceptors (Lipinski definition) is 5. The first-order valence-corrected chi connectivity index (χ1v) is 11.4. The van der Waals surface area contributed by atoms with E-state index in [0.29, 0.717) is 19.5 Å². The maximum absolute atomic E-state index is 12.7. The summed E-state index contributed by atoms with van der Waals surface area (Å²) in [5.74, 6) is -0.142. The minimum absolute atomic E-state index is 0.0469. The number of hydrogen-bond donors (Lipinski definition) is 4. The van der Waals surface area contributed by atoms with Crippen molar-refractivity contribution in [2.45, 2.75) is 44.7 Å². The number of aliphatic imine (C=N–C) groups is 1. The Kier molecular flexibility index (Phi) is 7.40. The molecule has 0 spiro atoms. The fourth-order valence-electron chi connectivity index (χ4n) is 4.44. The Bertz CT molecular complexity index is 1080. The fraction of sp³-hybridized carbons (Fsp3) is 0.346. The third-order valence-electron chi connectivity index (χ3n) is 6.04. The number of guanidine groups is 1. The number of benzene rings is 2. The number of carbonyl (C=O) groups is 2. The van der Waals surface area contributed by atoms with Gasteiger partial charge in [0, 0.05) is 26.1 Å². The summed E-state index contributed by atoms with van der Waals surface area (Å²) in [7, 11) is 0. The van der Waals surface area contributed by atoms with Gasteiger partial charge in [0.1, 0.15) is 0 Å². The van der Waals surface area contributed by atoms with Gasteiger partial charge in [0.2, 0.25) is 5.91 Å². The molecule has 2 aromatic carbocycles. The number of nitrogens with zero attached hydrogens (tertiary/aromatic N) is 1. The summed E-state index contributed by atoms with van der Waals surface area (Å²) in [6.45, 7) is 2.80. The number of carboxylic acids is 1. The Balaban J connectivity index is 1.32. The first-order chi connectivity index (χ1) is 16.1. The van der Waals surface area contributed by atoms with Crippen molar-refractivity contribution in [2.24, 2.45) is 4.99 Å². The van der Waals surface area contributed by atoms with Gasteiger partial charge in [-0.2, -0.15) is 0 Å². The van der Waals surface area contributed by atoms with Crippen molar-refractivity contribution >= 4 is 17.8 Å². The van der Waals surface area contributed by atoms with E-state index in [2.05, 4.69) is 33.1 Å². The first-order valence-electron chi connectivity index (χ1n) is 11.4. The molecule has 1 amide bonds. The predicted molar refractivity (Wildman–Crippen MR) is 128 cm³/mol. The zero-order valence-electron chi connectivity index (χ0n) is 18.6. The number of nitrogens with one attached hydrogen (secondary N) is 3. The highest BCUT2D eigenvalue weighted by Gasteiger charge is 2.23. The Hall–Kier alpha value is -3.61. The monoisotopic (exact) mass is 446 g/mol. The van der Waals surface area contributed by atoms with Gasteiger partial charge in [-0.25, -0.2) is 0 Å². The molecule has 2 aromatic rings. The summed E-state index contributed by atoms with van der Waals surface area (Å²) in [5.41, 5.74) is 5.38. The van der Waals surface area contributed by atoms with Gasteiger partial charge < -0.3 is 21.1 Å². The zero-order chi connectivity index (χ0) is 23.0. The summed E-state index contributed by atoms with van der Waals surface area (Å²) in [6, 6.07) is 16.1. The lowest BCUT2D eigenvalue weighted by Crippen LogP contribution is -2.33. The molecule has 1 aliphatic carbocycles. The Labute approximate surface area is 194 Å². The first kappa shape index (κ1) is 22.6. The maximum atomic E-state index is 12.7. The highest BCUT2D eigenvalue weighted by Crippen LogP contribution is 2.34. The van der Waals surface area contributed by atoms with Crippen molar-refractivity contribution < 1.29 is 14.7 Å². The Morgan fingerprint density at radius 2 is 1.91 bits per heavy atom. The molecule has 2 aliphatic rings. The summed E-state index contributed by atoms with van der Waals surface area (Å²) in [6.07, 6.45) is 3.77. The number of carboxylic acid groups (broad SMARTS) is 1. The molecule has 0 bridgehead atoms. The molecule has 0 fully saturated rings. The van der Waals surface area contributed by atoms with Crippen LogP contribution >= 0.6 is 0 Å². The zero-order valence-corrected chi connectivity index (χ0v) is 18.6. The number of rotatable bonds is 8. The van der Waals surface area contributed by atoms with E-state index in [1.165, 1.54) is 0 Å². The van der Waals surface area contributed by atoms with Crippen molar-refractivity contribution in [2.75, 3.05) is 13.1 Å². The van der Waals surface area contributed by atoms with E-state index in [1.54, 1.807) is 0 Å². The average Bonchev–Trinajstić information content (AvgIpc) is 3.27. The Morgan fingerprint density at radius 1 is 1.09 bits per heavy atom. The number of aliphatic carboxylic acids is 1. The molecular weight excluding hydrogens is 416 g/mol. The van der Waals surface area contributed by atoms with Gasteiger partial charge in [-0.05, 0) is 41.0 Å². The molecule has 1 aliphatic heterocycles. The largest absolute Gasteiger partial charge is 0.481 e. The molecule has 1 atom stereocenters. The van der Waals surface area contributed by atoms with Gasteiger partial charge >= 0.3 is 5.97 Å². The average molecular weight is 447 g/mol. The quantitative estimate of drug-likeness (QED) is 0.467. The molecule has 7 heteroatoms. The fourth-order valence-corrected chi connectivity index (χ4v) is 4.44. The maximum Gasteiger partial charge on any atom is 0.303 e. The lowest BCUT2D eigenvalue weighted by atomic mass is 9.88. The molecule has 4 N–H and O–H groups in total. The predicted octanol–water partition coefficient (Wildman–Crippen LogP) is 2.87. The second-order valence-electron chi connectivity index (χ2n) is 8.55. The second kappa shape index (κ2) is 10.8. The lowest BCUT2D eigenvalue weighted by Gasteiger charge is -2.17. The van der Waals surface area contributed by atoms with E-state index in [4.69, 9.17) is 0 Å². The number of allylic oxidation sites excluding steroid dienone is 1. The van der Waals surface area contributed by atoms with Gasteiger partial charge in [-0.15, -0.1) is 0 Å². The topological polar surface area (TPSA) is 103 Å². The van der Waals surface area contributed by atoms with E-state index >= 15 is 0 Å². The highest BCUT2D eigenvalue weighted by atomic mass is 16.4. The van der Waals surface area contributed by atoms with Crippen molar-refractivity contribution in [3.8, 4) is 0 Å². The normalized spacial score (nSPS) is 17.2. The summed E-state index contributed by atoms with van der Waals surface area (Å²) < 4.78 is 0. The van der Waals surface area contributed by atoms with Gasteiger partial charge in [0.15, 0.2) is 5.96 Å². The highest BCUT2D eigenvalue weighted by molar-refractivity contribution is 5.81. The van der Waals surface area contributed by atoms with Crippen LogP contribution in [0.4, 0.5) is 0 Å². The van der Waals surface area contributed by atoms with Crippen LogP contribution in [0.15, 0.2) is 65.2 Å². The Morgan fingerprint density at radius 3 is 2.70 bits per heavy atom. The van der Waals surface area contributed by atoms with Gasteiger partial charge in [-0.3, -0.25) is 14.6 Å². The minimum atomic E-state index is -0.814. The lowest BCUT2D eigenvalue weighted by molar-refractivity contribution is -0.137. The van der Waals surface area contributed by atoms with E-state index in [1.807, 2.05) is 42.5 Å². The van der Waals surface area contributed by atoms with E-state index in [-0.39, 0.29) is 24.7 Å². The van der Waals surface area contributed by atoms with Crippen LogP contribution in [-0.2, 0) is 29.1 Å². The molecule has 4 rings (SSSR count). The summed E-state index contributed by atoms with van der Waals surface area (Å²) >= 11 is 0. The second-order valence-corrected chi connectivity index (χ2v) is 8.55. The summed E-state index contributed by atoms with van der Waals surface area (Å²) in [4.78, 5) is 28.4. The van der Waals surface area contributed by atoms with Crippen LogP contribution in [0.5, 0.6) is 0 Å². The van der Waals surface area contributed by atoms with Crippen LogP contribution in [0.25, 0.3) is 0 Å². The van der Waals surface area contributed by atoms with E-state index in [9.17, 15) is 14.7 Å². The molecule has 1 unspecified atom stereocenters. The molecule has 0 saturated carbocycles. The van der Waals surface area contributed by atoms with Crippen LogP contribution in [-0.4, -0.2) is 36.0 Å². The van der Waals surface area contributed by atoms with Crippen molar-refractivity contribution in [1.82, 2.24) is 16.0 Å². The molecule has 172 valence electrons. The van der Waals surface area contributed by atoms with Gasteiger partial charge in [0.25, 0.3) is 0 Å². The molecule has 33 heavy (non-hydrogen) atoms.